The molecular weight excluding hydrogens is 168 g/mol. The molecule has 1 aromatic heterocycles. The van der Waals surface area contributed by atoms with Gasteiger partial charge in [-0.3, -0.25) is 4.98 Å². The molecule has 0 spiro atoms. The van der Waals surface area contributed by atoms with E-state index in [4.69, 9.17) is 5.21 Å². The van der Waals surface area contributed by atoms with E-state index >= 15 is 0 Å². The molecule has 4 nitrogen and oxygen atoms in total. The topological polar surface area (TPSA) is 60.6 Å². The van der Waals surface area contributed by atoms with Gasteiger partial charge in [-0.15, -0.1) is 0 Å². The quantitative estimate of drug-likeness (QED) is 0.627. The van der Waals surface area contributed by atoms with E-state index in [1.807, 2.05) is 6.07 Å². The van der Waals surface area contributed by atoms with Gasteiger partial charge >= 0.3 is 0 Å². The Bertz CT molecular complexity index is 429. The van der Waals surface area contributed by atoms with E-state index in [0.717, 1.165) is 10.9 Å². The Balaban J connectivity index is 2.62. The normalized spacial score (nSPS) is 13.1. The van der Waals surface area contributed by atoms with Gasteiger partial charge in [-0.1, -0.05) is 6.07 Å². The Morgan fingerprint density at radius 2 is 2.15 bits per heavy atom. The second-order valence-corrected chi connectivity index (χ2v) is 2.72. The van der Waals surface area contributed by atoms with Crippen LogP contribution in [0.5, 0.6) is 0 Å². The first-order valence-corrected chi connectivity index (χ1v) is 3.85. The summed E-state index contributed by atoms with van der Waals surface area (Å²) in [7, 11) is 0. The molecule has 0 aliphatic heterocycles. The van der Waals surface area contributed by atoms with Crippen LogP contribution in [0.2, 0.25) is 0 Å². The number of nitrogens with zero attached hydrogens (tertiary/aromatic N) is 1. The number of quaternary nitrogens is 1. The van der Waals surface area contributed by atoms with Gasteiger partial charge in [-0.05, 0) is 12.1 Å². The fourth-order valence-electron chi connectivity index (χ4n) is 1.21. The van der Waals surface area contributed by atoms with Crippen LogP contribution in [0, 0.1) is 5.21 Å². The molecule has 0 aliphatic rings. The molecule has 4 heteroatoms. The number of benzene rings is 1. The Kier molecular flexibility index (Phi) is 1.94. The van der Waals surface area contributed by atoms with Crippen molar-refractivity contribution in [2.75, 3.05) is 0 Å². The predicted octanol–water partition coefficient (Wildman–Crippen LogP) is 0.638. The number of rotatable bonds is 1. The van der Waals surface area contributed by atoms with E-state index in [2.05, 4.69) is 4.98 Å². The maximum atomic E-state index is 10.6. The SMILES string of the molecule is [O-][NH+](O)c1ccc2ncccc2c1. The summed E-state index contributed by atoms with van der Waals surface area (Å²) < 4.78 is 0. The molecule has 1 atom stereocenters. The van der Waals surface area contributed by atoms with Gasteiger partial charge in [-0.2, -0.15) is 5.23 Å². The lowest BCUT2D eigenvalue weighted by Crippen LogP contribution is -2.99. The monoisotopic (exact) mass is 176 g/mol. The van der Waals surface area contributed by atoms with E-state index < -0.39 is 5.23 Å². The predicted molar refractivity (Wildman–Crippen MR) is 47.5 cm³/mol. The summed E-state index contributed by atoms with van der Waals surface area (Å²) in [4.78, 5) is 4.09. The number of pyridine rings is 1. The molecule has 0 saturated heterocycles. The van der Waals surface area contributed by atoms with Crippen LogP contribution < -0.4 is 5.23 Å². The number of hydrogen-bond donors (Lipinski definition) is 2. The lowest BCUT2D eigenvalue weighted by molar-refractivity contribution is -0.991. The van der Waals surface area contributed by atoms with Gasteiger partial charge in [-0.25, -0.2) is 5.21 Å². The standard InChI is InChI=1S/C9H8N2O2/c12-11(13)8-3-4-9-7(6-8)2-1-5-10-9/h1-6,11-12H. The smallest absolute Gasteiger partial charge is 0.164 e. The fourth-order valence-corrected chi connectivity index (χ4v) is 1.21. The van der Waals surface area contributed by atoms with Crippen molar-refractivity contribution in [1.82, 2.24) is 4.98 Å². The minimum absolute atomic E-state index is 0.292. The molecule has 66 valence electrons. The van der Waals surface area contributed by atoms with Crippen molar-refractivity contribution in [1.29, 1.82) is 0 Å². The summed E-state index contributed by atoms with van der Waals surface area (Å²) in [5, 5.41) is 19.3. The summed E-state index contributed by atoms with van der Waals surface area (Å²) in [6.07, 6.45) is 1.68. The number of aromatic nitrogens is 1. The van der Waals surface area contributed by atoms with Crippen molar-refractivity contribution in [3.63, 3.8) is 0 Å². The Morgan fingerprint density at radius 3 is 2.92 bits per heavy atom. The van der Waals surface area contributed by atoms with E-state index in [1.165, 1.54) is 0 Å². The molecule has 1 aromatic carbocycles. The molecule has 0 radical (unpaired) electrons. The third-order valence-electron chi connectivity index (χ3n) is 1.85. The Morgan fingerprint density at radius 1 is 1.31 bits per heavy atom. The zero-order valence-electron chi connectivity index (χ0n) is 6.77. The molecule has 2 rings (SSSR count). The highest BCUT2D eigenvalue weighted by molar-refractivity contribution is 5.80. The molecule has 0 fully saturated rings. The van der Waals surface area contributed by atoms with E-state index in [9.17, 15) is 5.21 Å². The van der Waals surface area contributed by atoms with Gasteiger partial charge in [0.2, 0.25) is 0 Å². The van der Waals surface area contributed by atoms with Gasteiger partial charge in [0.1, 0.15) is 0 Å². The number of nitrogens with one attached hydrogen (secondary N) is 1. The minimum Gasteiger partial charge on any atom is -0.595 e. The molecule has 2 N–H and O–H groups in total. The molecule has 0 amide bonds. The van der Waals surface area contributed by atoms with Crippen molar-refractivity contribution in [3.05, 3.63) is 41.7 Å². The highest BCUT2D eigenvalue weighted by Gasteiger charge is 2.00. The van der Waals surface area contributed by atoms with Crippen LogP contribution >= 0.6 is 0 Å². The van der Waals surface area contributed by atoms with Gasteiger partial charge in [0, 0.05) is 23.7 Å². The molecule has 2 aromatic rings. The summed E-state index contributed by atoms with van der Waals surface area (Å²) in [6.45, 7) is 0. The molecule has 0 saturated carbocycles. The van der Waals surface area contributed by atoms with Gasteiger partial charge in [0.15, 0.2) is 5.69 Å². The highest BCUT2D eigenvalue weighted by atomic mass is 16.8. The van der Waals surface area contributed by atoms with Crippen molar-refractivity contribution >= 4 is 16.6 Å². The molecule has 0 bridgehead atoms. The van der Waals surface area contributed by atoms with E-state index in [1.54, 1.807) is 30.5 Å². The van der Waals surface area contributed by atoms with Crippen LogP contribution in [0.3, 0.4) is 0 Å². The van der Waals surface area contributed by atoms with Gasteiger partial charge < -0.3 is 5.21 Å². The van der Waals surface area contributed by atoms with Crippen molar-refractivity contribution < 1.29 is 10.4 Å². The van der Waals surface area contributed by atoms with Crippen LogP contribution in [-0.2, 0) is 0 Å². The maximum absolute atomic E-state index is 10.6. The van der Waals surface area contributed by atoms with Gasteiger partial charge in [0.25, 0.3) is 0 Å². The highest BCUT2D eigenvalue weighted by Crippen LogP contribution is 2.13. The number of fused-ring (bicyclic) bond motifs is 1. The van der Waals surface area contributed by atoms with Gasteiger partial charge in [0.05, 0.1) is 5.52 Å². The molecule has 1 unspecified atom stereocenters. The average Bonchev–Trinajstić information content (AvgIpc) is 2.17. The van der Waals surface area contributed by atoms with Crippen molar-refractivity contribution in [2.24, 2.45) is 0 Å². The lowest BCUT2D eigenvalue weighted by Gasteiger charge is -2.11. The van der Waals surface area contributed by atoms with Crippen LogP contribution in [0.15, 0.2) is 36.5 Å². The first kappa shape index (κ1) is 8.12. The third kappa shape index (κ3) is 1.50. The molecule has 13 heavy (non-hydrogen) atoms. The Labute approximate surface area is 74.6 Å². The van der Waals surface area contributed by atoms with E-state index in [0.29, 0.717) is 5.69 Å². The zero-order valence-corrected chi connectivity index (χ0v) is 6.77. The lowest BCUT2D eigenvalue weighted by atomic mass is 10.2. The van der Waals surface area contributed by atoms with Crippen molar-refractivity contribution in [3.8, 4) is 0 Å². The summed E-state index contributed by atoms with van der Waals surface area (Å²) in [5.41, 5.74) is 1.10. The second kappa shape index (κ2) is 3.10. The summed E-state index contributed by atoms with van der Waals surface area (Å²) >= 11 is 0. The van der Waals surface area contributed by atoms with Crippen LogP contribution in [0.4, 0.5) is 5.69 Å². The average molecular weight is 176 g/mol. The van der Waals surface area contributed by atoms with Crippen LogP contribution in [-0.4, -0.2) is 10.2 Å². The number of hydrogen-bond acceptors (Lipinski definition) is 3. The van der Waals surface area contributed by atoms with Crippen LogP contribution in [0.25, 0.3) is 10.9 Å². The van der Waals surface area contributed by atoms with Crippen molar-refractivity contribution in [2.45, 2.75) is 0 Å². The summed E-state index contributed by atoms with van der Waals surface area (Å²) in [6, 6.07) is 8.50. The second-order valence-electron chi connectivity index (χ2n) is 2.72. The Hall–Kier alpha value is -1.49. The maximum Gasteiger partial charge on any atom is 0.164 e. The molecule has 0 aliphatic carbocycles. The first-order valence-electron chi connectivity index (χ1n) is 3.85. The third-order valence-corrected chi connectivity index (χ3v) is 1.85. The molecular formula is C9H8N2O2. The zero-order chi connectivity index (χ0) is 9.26. The van der Waals surface area contributed by atoms with E-state index in [-0.39, 0.29) is 0 Å². The fraction of sp³-hybridized carbons (Fsp3) is 0. The van der Waals surface area contributed by atoms with Crippen LogP contribution in [0.1, 0.15) is 0 Å². The molecule has 1 heterocycles. The largest absolute Gasteiger partial charge is 0.595 e. The minimum atomic E-state index is -0.911. The summed E-state index contributed by atoms with van der Waals surface area (Å²) in [5.74, 6) is 0. The first-order chi connectivity index (χ1) is 6.27.